The minimum Gasteiger partial charge on any atom is -0.488 e. The van der Waals surface area contributed by atoms with Crippen molar-refractivity contribution in [3.05, 3.63) is 17.9 Å². The van der Waals surface area contributed by atoms with Gasteiger partial charge in [-0.25, -0.2) is 0 Å². The molecule has 0 bridgehead atoms. The molecule has 1 fully saturated rings. The van der Waals surface area contributed by atoms with Crippen LogP contribution in [0.1, 0.15) is 52.4 Å². The molecule has 19 heavy (non-hydrogen) atoms. The fraction of sp³-hybridized carbons (Fsp3) is 0.688. The van der Waals surface area contributed by atoms with Crippen LogP contribution in [0, 0.1) is 17.8 Å². The van der Waals surface area contributed by atoms with Crippen molar-refractivity contribution in [2.45, 2.75) is 52.4 Å². The summed E-state index contributed by atoms with van der Waals surface area (Å²) in [6.45, 7) is 4.59. The lowest BCUT2D eigenvalue weighted by molar-refractivity contribution is -0.115. The fourth-order valence-corrected chi connectivity index (χ4v) is 3.09. The quantitative estimate of drug-likeness (QED) is 0.727. The summed E-state index contributed by atoms with van der Waals surface area (Å²) in [6.07, 6.45) is 10.5. The molecule has 1 heterocycles. The summed E-state index contributed by atoms with van der Waals surface area (Å²) in [5, 5.41) is 0. The number of ketones is 1. The van der Waals surface area contributed by atoms with Gasteiger partial charge in [0.1, 0.15) is 5.76 Å². The molecule has 2 aliphatic rings. The predicted octanol–water partition coefficient (Wildman–Crippen LogP) is 3.70. The smallest absolute Gasteiger partial charge is 0.211 e. The second-order valence-corrected chi connectivity index (χ2v) is 6.05. The fourth-order valence-electron chi connectivity index (χ4n) is 3.09. The third-order valence-electron chi connectivity index (χ3n) is 3.99. The molecular formula is C16H24NO2. The number of allylic oxidation sites excluding steroid dienone is 1. The van der Waals surface area contributed by atoms with E-state index in [-0.39, 0.29) is 12.4 Å². The Morgan fingerprint density at radius 3 is 2.95 bits per heavy atom. The largest absolute Gasteiger partial charge is 0.488 e. The first-order valence-corrected chi connectivity index (χ1v) is 7.33. The van der Waals surface area contributed by atoms with E-state index >= 15 is 0 Å². The van der Waals surface area contributed by atoms with Crippen LogP contribution in [-0.4, -0.2) is 18.6 Å². The Kier molecular flexibility index (Phi) is 5.17. The van der Waals surface area contributed by atoms with Crippen LogP contribution in [0.5, 0.6) is 0 Å². The Balaban J connectivity index is 1.90. The molecule has 0 saturated heterocycles. The maximum atomic E-state index is 11.2. The van der Waals surface area contributed by atoms with Crippen LogP contribution in [-0.2, 0) is 9.53 Å². The van der Waals surface area contributed by atoms with Gasteiger partial charge in [-0.3, -0.25) is 9.79 Å². The maximum absolute atomic E-state index is 11.2. The first kappa shape index (κ1) is 14.3. The zero-order valence-electron chi connectivity index (χ0n) is 12.0. The summed E-state index contributed by atoms with van der Waals surface area (Å²) in [6, 6.07) is 0. The topological polar surface area (TPSA) is 38.7 Å². The number of carbonyl (C=O) groups is 1. The Hall–Kier alpha value is -1.12. The van der Waals surface area contributed by atoms with Gasteiger partial charge in [-0.05, 0) is 37.5 Å². The number of Topliss-reactive ketones (excluding diaryl/α,β-unsaturated/α-hetero) is 1. The molecule has 0 aromatic heterocycles. The molecule has 3 heteroatoms. The minimum absolute atomic E-state index is 0.0473. The molecule has 2 rings (SSSR count). The molecule has 2 atom stereocenters. The van der Waals surface area contributed by atoms with Gasteiger partial charge in [0, 0.05) is 5.92 Å². The second kappa shape index (κ2) is 6.88. The Labute approximate surface area is 116 Å². The highest BCUT2D eigenvalue weighted by atomic mass is 16.5. The Morgan fingerprint density at radius 1 is 1.32 bits per heavy atom. The molecule has 0 aromatic carbocycles. The first-order valence-electron chi connectivity index (χ1n) is 7.33. The van der Waals surface area contributed by atoms with Crippen LogP contribution in [0.25, 0.3) is 0 Å². The van der Waals surface area contributed by atoms with Gasteiger partial charge in [-0.1, -0.05) is 26.7 Å². The number of carbonyl (C=O) groups excluding carboxylic acids is 1. The van der Waals surface area contributed by atoms with E-state index in [0.717, 1.165) is 24.5 Å². The molecule has 2 unspecified atom stereocenters. The average molecular weight is 262 g/mol. The van der Waals surface area contributed by atoms with Crippen molar-refractivity contribution < 1.29 is 9.53 Å². The molecule has 1 aliphatic carbocycles. The molecule has 0 N–H and O–H groups in total. The van der Waals surface area contributed by atoms with Crippen molar-refractivity contribution in [2.24, 2.45) is 16.8 Å². The number of aliphatic imine (C=N–C) groups is 1. The van der Waals surface area contributed by atoms with Crippen LogP contribution in [0.4, 0.5) is 0 Å². The highest BCUT2D eigenvalue weighted by Crippen LogP contribution is 2.35. The molecule has 1 aliphatic heterocycles. The number of nitrogens with zero attached hydrogens (tertiary/aromatic N) is 1. The van der Waals surface area contributed by atoms with Crippen molar-refractivity contribution >= 4 is 12.0 Å². The molecular weight excluding hydrogens is 238 g/mol. The van der Waals surface area contributed by atoms with Gasteiger partial charge in [0.05, 0.1) is 12.4 Å². The summed E-state index contributed by atoms with van der Waals surface area (Å²) in [5.41, 5.74) is 0. The number of hydrogen-bond acceptors (Lipinski definition) is 3. The van der Waals surface area contributed by atoms with Gasteiger partial charge in [0.15, 0.2) is 6.61 Å². The standard InChI is InChI=1S/C16H24NO2/c1-12(2)8-13-4-3-5-14(7-6-13)16-10-17-9-15(18)11-19-16/h9-10,13-14H,3-8,11H2,1-2H3. The molecule has 0 aromatic rings. The second-order valence-electron chi connectivity index (χ2n) is 6.05. The lowest BCUT2D eigenvalue weighted by Gasteiger charge is -2.18. The van der Waals surface area contributed by atoms with E-state index in [0.29, 0.717) is 5.92 Å². The average Bonchev–Trinajstić information content (AvgIpc) is 2.69. The molecule has 1 radical (unpaired) electrons. The molecule has 1 saturated carbocycles. The summed E-state index contributed by atoms with van der Waals surface area (Å²) in [5.74, 6) is 3.68. The summed E-state index contributed by atoms with van der Waals surface area (Å²) < 4.78 is 5.61. The summed E-state index contributed by atoms with van der Waals surface area (Å²) >= 11 is 0. The predicted molar refractivity (Wildman–Crippen MR) is 76.8 cm³/mol. The minimum atomic E-state index is -0.0473. The van der Waals surface area contributed by atoms with Crippen molar-refractivity contribution in [1.82, 2.24) is 0 Å². The van der Waals surface area contributed by atoms with E-state index in [9.17, 15) is 4.79 Å². The van der Waals surface area contributed by atoms with Gasteiger partial charge in [-0.2, -0.15) is 0 Å². The van der Waals surface area contributed by atoms with Crippen molar-refractivity contribution in [3.8, 4) is 0 Å². The lowest BCUT2D eigenvalue weighted by atomic mass is 9.90. The van der Waals surface area contributed by atoms with Gasteiger partial charge in [0.25, 0.3) is 0 Å². The lowest BCUT2D eigenvalue weighted by Crippen LogP contribution is -2.12. The highest BCUT2D eigenvalue weighted by molar-refractivity contribution is 6.28. The normalized spacial score (nSPS) is 28.6. The van der Waals surface area contributed by atoms with Crippen LogP contribution >= 0.6 is 0 Å². The molecule has 3 nitrogen and oxygen atoms in total. The number of hydrogen-bond donors (Lipinski definition) is 0. The van der Waals surface area contributed by atoms with Gasteiger partial charge in [-0.15, -0.1) is 0 Å². The maximum Gasteiger partial charge on any atom is 0.211 e. The third-order valence-corrected chi connectivity index (χ3v) is 3.99. The summed E-state index contributed by atoms with van der Waals surface area (Å²) in [4.78, 5) is 15.3. The van der Waals surface area contributed by atoms with E-state index in [2.05, 4.69) is 18.8 Å². The van der Waals surface area contributed by atoms with E-state index in [1.165, 1.54) is 37.8 Å². The molecule has 105 valence electrons. The zero-order chi connectivity index (χ0) is 13.7. The van der Waals surface area contributed by atoms with Crippen LogP contribution in [0.15, 0.2) is 17.0 Å². The molecule has 0 spiro atoms. The van der Waals surface area contributed by atoms with Crippen LogP contribution in [0.3, 0.4) is 0 Å². The Bertz CT molecular complexity index is 371. The third kappa shape index (κ3) is 4.48. The monoisotopic (exact) mass is 262 g/mol. The van der Waals surface area contributed by atoms with Gasteiger partial charge >= 0.3 is 0 Å². The van der Waals surface area contributed by atoms with E-state index in [1.54, 1.807) is 6.20 Å². The van der Waals surface area contributed by atoms with E-state index < -0.39 is 0 Å². The first-order chi connectivity index (χ1) is 9.15. The van der Waals surface area contributed by atoms with Crippen LogP contribution < -0.4 is 0 Å². The van der Waals surface area contributed by atoms with Crippen molar-refractivity contribution in [2.75, 3.05) is 6.61 Å². The number of ether oxygens (including phenoxy) is 1. The van der Waals surface area contributed by atoms with E-state index in [1.807, 2.05) is 0 Å². The highest BCUT2D eigenvalue weighted by Gasteiger charge is 2.24. The van der Waals surface area contributed by atoms with Crippen molar-refractivity contribution in [1.29, 1.82) is 0 Å². The summed E-state index contributed by atoms with van der Waals surface area (Å²) in [7, 11) is 0. The SMILES string of the molecule is C[C](C)CC1CCCC(C2=CN=CC(=O)CO2)CC1. The van der Waals surface area contributed by atoms with Crippen LogP contribution in [0.2, 0.25) is 0 Å². The molecule has 0 amide bonds. The van der Waals surface area contributed by atoms with Gasteiger partial charge in [0.2, 0.25) is 5.78 Å². The van der Waals surface area contributed by atoms with Gasteiger partial charge < -0.3 is 4.74 Å². The van der Waals surface area contributed by atoms with Crippen molar-refractivity contribution in [3.63, 3.8) is 0 Å². The van der Waals surface area contributed by atoms with E-state index in [4.69, 9.17) is 4.74 Å². The zero-order valence-corrected chi connectivity index (χ0v) is 12.0. The Morgan fingerprint density at radius 2 is 2.16 bits per heavy atom. The number of rotatable bonds is 3.